The first kappa shape index (κ1) is 14.6. The van der Waals surface area contributed by atoms with Crippen LogP contribution in [0.25, 0.3) is 5.76 Å². The van der Waals surface area contributed by atoms with Gasteiger partial charge >= 0.3 is 0 Å². The lowest BCUT2D eigenvalue weighted by atomic mass is 10.1. The number of aromatic amines is 1. The molecule has 0 fully saturated rings. The first-order valence-electron chi connectivity index (χ1n) is 6.63. The van der Waals surface area contributed by atoms with Gasteiger partial charge in [0.1, 0.15) is 17.8 Å². The second-order valence-electron chi connectivity index (χ2n) is 4.70. The average Bonchev–Trinajstić information content (AvgIpc) is 3.21. The fourth-order valence-corrected chi connectivity index (χ4v) is 1.97. The molecule has 2 heterocycles. The summed E-state index contributed by atoms with van der Waals surface area (Å²) in [4.78, 5) is 12.0. The molecule has 0 amide bonds. The Kier molecular flexibility index (Phi) is 3.96. The number of halogens is 1. The van der Waals surface area contributed by atoms with Crippen LogP contribution in [0.5, 0.6) is 0 Å². The van der Waals surface area contributed by atoms with Crippen molar-refractivity contribution in [2.45, 2.75) is 6.42 Å². The van der Waals surface area contributed by atoms with E-state index in [1.54, 1.807) is 18.2 Å². The number of hydrogen-bond acceptors (Lipinski definition) is 6. The van der Waals surface area contributed by atoms with Crippen LogP contribution in [0.1, 0.15) is 27.5 Å². The fourth-order valence-electron chi connectivity index (χ4n) is 1.97. The number of carbonyl (C=O) groups is 1. The summed E-state index contributed by atoms with van der Waals surface area (Å²) in [6.07, 6.45) is 2.43. The van der Waals surface area contributed by atoms with E-state index in [-0.39, 0.29) is 23.6 Å². The highest BCUT2D eigenvalue weighted by molar-refractivity contribution is 6.07. The molecule has 3 aromatic rings. The number of furan rings is 1. The number of aromatic nitrogens is 4. The lowest BCUT2D eigenvalue weighted by Gasteiger charge is -1.99. The minimum atomic E-state index is -0.490. The van der Waals surface area contributed by atoms with Gasteiger partial charge in [0.15, 0.2) is 11.5 Å². The molecule has 0 aliphatic carbocycles. The maximum atomic E-state index is 13.6. The lowest BCUT2D eigenvalue weighted by molar-refractivity contribution is 0.104. The number of hydrogen-bond donors (Lipinski definition) is 2. The van der Waals surface area contributed by atoms with Crippen LogP contribution in [0.2, 0.25) is 0 Å². The third-order valence-electron chi connectivity index (χ3n) is 3.10. The van der Waals surface area contributed by atoms with E-state index in [4.69, 9.17) is 4.42 Å². The fraction of sp³-hybridized carbons (Fsp3) is 0.0667. The molecule has 116 valence electrons. The molecule has 0 aliphatic rings. The number of allylic oxidation sites excluding steroid dienone is 1. The summed E-state index contributed by atoms with van der Waals surface area (Å²) >= 11 is 0. The Morgan fingerprint density at radius 2 is 2.22 bits per heavy atom. The molecule has 2 N–H and O–H groups in total. The Bertz CT molecular complexity index is 855. The maximum Gasteiger partial charge on any atom is 0.239 e. The van der Waals surface area contributed by atoms with E-state index in [1.165, 1.54) is 18.4 Å². The van der Waals surface area contributed by atoms with Crippen molar-refractivity contribution in [3.63, 3.8) is 0 Å². The zero-order valence-electron chi connectivity index (χ0n) is 11.7. The number of nitrogens with zero attached hydrogens (tertiary/aromatic N) is 3. The molecule has 0 aliphatic heterocycles. The molecular formula is C15H11FN4O3. The zero-order valence-corrected chi connectivity index (χ0v) is 11.7. The molecule has 0 radical (unpaired) electrons. The molecule has 0 spiro atoms. The monoisotopic (exact) mass is 314 g/mol. The van der Waals surface area contributed by atoms with Gasteiger partial charge in [-0.25, -0.2) is 4.39 Å². The molecule has 0 bridgehead atoms. The number of ketones is 1. The van der Waals surface area contributed by atoms with E-state index in [9.17, 15) is 14.3 Å². The van der Waals surface area contributed by atoms with Crippen molar-refractivity contribution >= 4 is 11.5 Å². The third-order valence-corrected chi connectivity index (χ3v) is 3.10. The molecule has 2 aromatic heterocycles. The molecule has 0 saturated carbocycles. The number of carbonyl (C=O) groups excluding carboxylic acids is 1. The van der Waals surface area contributed by atoms with Crippen LogP contribution in [-0.4, -0.2) is 31.5 Å². The summed E-state index contributed by atoms with van der Waals surface area (Å²) in [6, 6.07) is 7.81. The molecule has 7 nitrogen and oxygen atoms in total. The summed E-state index contributed by atoms with van der Waals surface area (Å²) in [6.45, 7) is 0. The number of rotatable bonds is 5. The topological polar surface area (TPSA) is 105 Å². The molecular weight excluding hydrogens is 303 g/mol. The second kappa shape index (κ2) is 6.22. The Labute approximate surface area is 129 Å². The van der Waals surface area contributed by atoms with Crippen molar-refractivity contribution in [2.24, 2.45) is 0 Å². The van der Waals surface area contributed by atoms with Gasteiger partial charge in [-0.15, -0.1) is 10.2 Å². The summed E-state index contributed by atoms with van der Waals surface area (Å²) < 4.78 is 18.9. The van der Waals surface area contributed by atoms with Crippen LogP contribution in [-0.2, 0) is 6.42 Å². The van der Waals surface area contributed by atoms with Crippen LogP contribution in [0.4, 0.5) is 4.39 Å². The number of tetrazole rings is 1. The molecule has 0 saturated heterocycles. The predicted octanol–water partition coefficient (Wildman–Crippen LogP) is 2.30. The minimum Gasteiger partial charge on any atom is -0.504 e. The number of benzene rings is 1. The SMILES string of the molecule is O=C(C=C(O)c1nn[nH]n1)c1coc(Cc2ccccc2F)c1. The summed E-state index contributed by atoms with van der Waals surface area (Å²) in [5.41, 5.74) is 0.692. The third kappa shape index (κ3) is 3.31. The Morgan fingerprint density at radius 3 is 2.96 bits per heavy atom. The highest BCUT2D eigenvalue weighted by atomic mass is 19.1. The number of aliphatic hydroxyl groups excluding tert-OH is 1. The average molecular weight is 314 g/mol. The Morgan fingerprint density at radius 1 is 1.39 bits per heavy atom. The van der Waals surface area contributed by atoms with Crippen LogP contribution in [0, 0.1) is 5.82 Å². The normalized spacial score (nSPS) is 11.6. The van der Waals surface area contributed by atoms with Gasteiger partial charge in [-0.3, -0.25) is 4.79 Å². The van der Waals surface area contributed by atoms with Gasteiger partial charge in [-0.05, 0) is 22.9 Å². The van der Waals surface area contributed by atoms with Gasteiger partial charge in [-0.2, -0.15) is 5.21 Å². The van der Waals surface area contributed by atoms with Crippen molar-refractivity contribution in [1.29, 1.82) is 0 Å². The highest BCUT2D eigenvalue weighted by Crippen LogP contribution is 2.17. The molecule has 3 rings (SSSR count). The van der Waals surface area contributed by atoms with Crippen molar-refractivity contribution in [3.8, 4) is 0 Å². The van der Waals surface area contributed by atoms with Gasteiger partial charge in [0, 0.05) is 12.5 Å². The molecule has 23 heavy (non-hydrogen) atoms. The van der Waals surface area contributed by atoms with Crippen LogP contribution < -0.4 is 0 Å². The van der Waals surface area contributed by atoms with E-state index in [0.29, 0.717) is 11.3 Å². The second-order valence-corrected chi connectivity index (χ2v) is 4.70. The molecule has 8 heteroatoms. The standard InChI is InChI=1S/C15H11FN4O3/c16-12-4-2-1-3-9(12)5-11-6-10(8-23-11)13(21)7-14(22)15-17-19-20-18-15/h1-4,6-8,22H,5H2,(H,17,18,19,20). The first-order chi connectivity index (χ1) is 11.1. The summed E-state index contributed by atoms with van der Waals surface area (Å²) in [5, 5.41) is 22.2. The predicted molar refractivity (Wildman–Crippen MR) is 77.0 cm³/mol. The highest BCUT2D eigenvalue weighted by Gasteiger charge is 2.13. The maximum absolute atomic E-state index is 13.6. The van der Waals surface area contributed by atoms with E-state index < -0.39 is 11.5 Å². The van der Waals surface area contributed by atoms with Crippen molar-refractivity contribution in [2.75, 3.05) is 0 Å². The number of aliphatic hydroxyl groups is 1. The minimum absolute atomic E-state index is 0.0894. The van der Waals surface area contributed by atoms with E-state index in [0.717, 1.165) is 6.08 Å². The van der Waals surface area contributed by atoms with Crippen molar-refractivity contribution in [1.82, 2.24) is 20.6 Å². The largest absolute Gasteiger partial charge is 0.504 e. The van der Waals surface area contributed by atoms with Crippen molar-refractivity contribution < 1.29 is 18.7 Å². The lowest BCUT2D eigenvalue weighted by Crippen LogP contribution is -1.96. The van der Waals surface area contributed by atoms with Crippen LogP contribution in [0.3, 0.4) is 0 Å². The van der Waals surface area contributed by atoms with E-state index >= 15 is 0 Å². The van der Waals surface area contributed by atoms with E-state index in [2.05, 4.69) is 20.6 Å². The quantitative estimate of drug-likeness (QED) is 0.425. The zero-order chi connectivity index (χ0) is 16.2. The molecule has 0 atom stereocenters. The first-order valence-corrected chi connectivity index (χ1v) is 6.63. The van der Waals surface area contributed by atoms with Crippen molar-refractivity contribution in [3.05, 3.63) is 71.2 Å². The molecule has 0 unspecified atom stereocenters. The Balaban J connectivity index is 1.75. The molecule has 1 aromatic carbocycles. The summed E-state index contributed by atoms with van der Waals surface area (Å²) in [5.74, 6) is -0.901. The van der Waals surface area contributed by atoms with Gasteiger partial charge in [0.25, 0.3) is 0 Å². The number of H-pyrrole nitrogens is 1. The van der Waals surface area contributed by atoms with Gasteiger partial charge in [0.05, 0.1) is 5.56 Å². The van der Waals surface area contributed by atoms with Gasteiger partial charge in [0.2, 0.25) is 5.82 Å². The Hall–Kier alpha value is -3.29. The van der Waals surface area contributed by atoms with Gasteiger partial charge < -0.3 is 9.52 Å². The van der Waals surface area contributed by atoms with Gasteiger partial charge in [-0.1, -0.05) is 18.2 Å². The smallest absolute Gasteiger partial charge is 0.239 e. The number of nitrogens with one attached hydrogen (secondary N) is 1. The van der Waals surface area contributed by atoms with Crippen LogP contribution in [0.15, 0.2) is 47.1 Å². The van der Waals surface area contributed by atoms with E-state index in [1.807, 2.05) is 0 Å². The summed E-state index contributed by atoms with van der Waals surface area (Å²) in [7, 11) is 0. The van der Waals surface area contributed by atoms with Crippen LogP contribution >= 0.6 is 0 Å².